The summed E-state index contributed by atoms with van der Waals surface area (Å²) >= 11 is 0. The highest BCUT2D eigenvalue weighted by Crippen LogP contribution is 1.88. The lowest BCUT2D eigenvalue weighted by atomic mass is 10.5. The van der Waals surface area contributed by atoms with Crippen LogP contribution in [0.2, 0.25) is 0 Å². The van der Waals surface area contributed by atoms with E-state index < -0.39 is 6.03 Å². The smallest absolute Gasteiger partial charge is 0.311 e. The molecular formula is C6H6N3O2. The van der Waals surface area contributed by atoms with Crippen molar-refractivity contribution in [2.75, 3.05) is 0 Å². The number of carbonyl (C=O) groups is 2. The van der Waals surface area contributed by atoms with Crippen molar-refractivity contribution in [1.29, 1.82) is 0 Å². The van der Waals surface area contributed by atoms with Crippen LogP contribution in [0.25, 0.3) is 0 Å². The van der Waals surface area contributed by atoms with E-state index in [-0.39, 0.29) is 11.7 Å². The van der Waals surface area contributed by atoms with Gasteiger partial charge in [0.15, 0.2) is 0 Å². The standard InChI is InChI=1S/C6H6N3O2/c1-4(10)8-5-2-3-7-6(11)9-5/h2-3H,1H3,(H,8,9,10,11). The van der Waals surface area contributed by atoms with Crippen molar-refractivity contribution < 1.29 is 9.59 Å². The second-order valence-corrected chi connectivity index (χ2v) is 1.91. The maximum atomic E-state index is 10.5. The quantitative estimate of drug-likeness (QED) is 0.520. The molecule has 0 aromatic heterocycles. The molecule has 11 heavy (non-hydrogen) atoms. The van der Waals surface area contributed by atoms with Gasteiger partial charge in [0.1, 0.15) is 5.84 Å². The Kier molecular flexibility index (Phi) is 2.00. The molecule has 0 bridgehead atoms. The van der Waals surface area contributed by atoms with E-state index in [4.69, 9.17) is 0 Å². The summed E-state index contributed by atoms with van der Waals surface area (Å²) in [7, 11) is 0. The van der Waals surface area contributed by atoms with Crippen molar-refractivity contribution in [2.24, 2.45) is 4.99 Å². The van der Waals surface area contributed by atoms with Gasteiger partial charge in [-0.2, -0.15) is 10.3 Å². The molecule has 0 aromatic rings. The highest BCUT2D eigenvalue weighted by atomic mass is 16.2. The van der Waals surface area contributed by atoms with Crippen LogP contribution in [0.15, 0.2) is 17.3 Å². The number of urea groups is 1. The van der Waals surface area contributed by atoms with Gasteiger partial charge in [-0.3, -0.25) is 4.79 Å². The maximum Gasteiger partial charge on any atom is 0.368 e. The van der Waals surface area contributed by atoms with Crippen LogP contribution >= 0.6 is 0 Å². The Labute approximate surface area is 63.2 Å². The summed E-state index contributed by atoms with van der Waals surface area (Å²) in [6.07, 6.45) is 2.74. The monoisotopic (exact) mass is 152 g/mol. The van der Waals surface area contributed by atoms with E-state index in [1.54, 1.807) is 0 Å². The first-order valence-electron chi connectivity index (χ1n) is 2.96. The fourth-order valence-corrected chi connectivity index (χ4v) is 0.591. The van der Waals surface area contributed by atoms with Gasteiger partial charge in [0.05, 0.1) is 0 Å². The Hall–Kier alpha value is -1.65. The molecule has 0 saturated carbocycles. The number of hydrogen-bond acceptors (Lipinski definition) is 2. The molecule has 1 aliphatic rings. The summed E-state index contributed by atoms with van der Waals surface area (Å²) in [6.45, 7) is 1.34. The van der Waals surface area contributed by atoms with Gasteiger partial charge >= 0.3 is 6.03 Å². The van der Waals surface area contributed by atoms with Gasteiger partial charge in [0.2, 0.25) is 5.91 Å². The van der Waals surface area contributed by atoms with Crippen molar-refractivity contribution in [3.63, 3.8) is 0 Å². The third kappa shape index (κ3) is 2.21. The molecule has 5 heteroatoms. The van der Waals surface area contributed by atoms with Crippen LogP contribution in [0.5, 0.6) is 0 Å². The van der Waals surface area contributed by atoms with Crippen molar-refractivity contribution in [3.05, 3.63) is 12.3 Å². The van der Waals surface area contributed by atoms with Crippen molar-refractivity contribution in [3.8, 4) is 0 Å². The Balaban J connectivity index is 2.64. The fraction of sp³-hybridized carbons (Fsp3) is 0.167. The first-order chi connectivity index (χ1) is 5.18. The summed E-state index contributed by atoms with van der Waals surface area (Å²) in [4.78, 5) is 24.4. The number of rotatable bonds is 0. The summed E-state index contributed by atoms with van der Waals surface area (Å²) < 4.78 is 0. The lowest BCUT2D eigenvalue weighted by Crippen LogP contribution is -2.30. The molecule has 0 aliphatic carbocycles. The van der Waals surface area contributed by atoms with Gasteiger partial charge in [0.25, 0.3) is 0 Å². The van der Waals surface area contributed by atoms with Crippen molar-refractivity contribution >= 4 is 17.8 Å². The van der Waals surface area contributed by atoms with E-state index in [9.17, 15) is 9.59 Å². The molecule has 0 unspecified atom stereocenters. The zero-order valence-electron chi connectivity index (χ0n) is 5.87. The highest BCUT2D eigenvalue weighted by Gasteiger charge is 2.06. The van der Waals surface area contributed by atoms with Crippen molar-refractivity contribution in [1.82, 2.24) is 10.6 Å². The summed E-state index contributed by atoms with van der Waals surface area (Å²) in [6, 6.07) is -0.601. The van der Waals surface area contributed by atoms with Gasteiger partial charge in [-0.15, -0.1) is 0 Å². The summed E-state index contributed by atoms with van der Waals surface area (Å²) in [5, 5.41) is 5.68. The van der Waals surface area contributed by atoms with Crippen LogP contribution in [0.3, 0.4) is 0 Å². The molecule has 1 aliphatic heterocycles. The largest absolute Gasteiger partial charge is 0.368 e. The second kappa shape index (κ2) is 2.96. The SMILES string of the molecule is CC(=O)NC1=NC(=O)[N]C=C1. The van der Waals surface area contributed by atoms with Crippen LogP contribution in [0, 0.1) is 0 Å². The van der Waals surface area contributed by atoms with Gasteiger partial charge in [-0.05, 0) is 6.08 Å². The van der Waals surface area contributed by atoms with Crippen LogP contribution in [-0.2, 0) is 4.79 Å². The third-order valence-corrected chi connectivity index (χ3v) is 0.938. The zero-order chi connectivity index (χ0) is 8.27. The zero-order valence-corrected chi connectivity index (χ0v) is 5.87. The van der Waals surface area contributed by atoms with E-state index in [1.165, 1.54) is 19.2 Å². The Morgan fingerprint density at radius 1 is 1.64 bits per heavy atom. The average Bonchev–Trinajstić information content (AvgIpc) is 1.85. The molecule has 1 radical (unpaired) electrons. The summed E-state index contributed by atoms with van der Waals surface area (Å²) in [5.74, 6) is -0.0272. The predicted molar refractivity (Wildman–Crippen MR) is 37.9 cm³/mol. The van der Waals surface area contributed by atoms with E-state index >= 15 is 0 Å². The van der Waals surface area contributed by atoms with Gasteiger partial charge in [-0.1, -0.05) is 0 Å². The van der Waals surface area contributed by atoms with Gasteiger partial charge in [0, 0.05) is 13.1 Å². The lowest BCUT2D eigenvalue weighted by Gasteiger charge is -2.03. The molecule has 1 rings (SSSR count). The fourth-order valence-electron chi connectivity index (χ4n) is 0.591. The minimum absolute atomic E-state index is 0.234. The molecule has 1 N–H and O–H groups in total. The Bertz CT molecular complexity index is 255. The minimum atomic E-state index is -0.601. The van der Waals surface area contributed by atoms with E-state index in [0.717, 1.165) is 0 Å². The molecule has 0 fully saturated rings. The number of amides is 3. The molecule has 0 saturated heterocycles. The molecule has 1 heterocycles. The first-order valence-corrected chi connectivity index (χ1v) is 2.96. The third-order valence-electron chi connectivity index (χ3n) is 0.938. The number of nitrogens with one attached hydrogen (secondary N) is 1. The van der Waals surface area contributed by atoms with E-state index in [2.05, 4.69) is 15.6 Å². The van der Waals surface area contributed by atoms with Crippen LogP contribution < -0.4 is 10.6 Å². The number of amidine groups is 1. The van der Waals surface area contributed by atoms with E-state index in [1.807, 2.05) is 0 Å². The second-order valence-electron chi connectivity index (χ2n) is 1.91. The number of nitrogens with zero attached hydrogens (tertiary/aromatic N) is 2. The number of hydrogen-bond donors (Lipinski definition) is 1. The van der Waals surface area contributed by atoms with Crippen molar-refractivity contribution in [2.45, 2.75) is 6.92 Å². The molecule has 0 spiro atoms. The van der Waals surface area contributed by atoms with Crippen LogP contribution in [0.1, 0.15) is 6.92 Å². The van der Waals surface area contributed by atoms with E-state index in [0.29, 0.717) is 0 Å². The molecular weight excluding hydrogens is 146 g/mol. The predicted octanol–water partition coefficient (Wildman–Crippen LogP) is -0.227. The molecule has 0 aromatic carbocycles. The maximum absolute atomic E-state index is 10.5. The Morgan fingerprint density at radius 2 is 2.36 bits per heavy atom. The molecule has 3 amide bonds. The van der Waals surface area contributed by atoms with Gasteiger partial charge in [-0.25, -0.2) is 4.79 Å². The van der Waals surface area contributed by atoms with Crippen LogP contribution in [0.4, 0.5) is 4.79 Å². The van der Waals surface area contributed by atoms with Gasteiger partial charge < -0.3 is 5.32 Å². The number of aliphatic imine (C=N–C) groups is 1. The first kappa shape index (κ1) is 7.46. The normalized spacial score (nSPS) is 15.4. The minimum Gasteiger partial charge on any atom is -0.311 e. The molecule has 57 valence electrons. The van der Waals surface area contributed by atoms with Crippen LogP contribution in [-0.4, -0.2) is 17.8 Å². The topological polar surface area (TPSA) is 72.6 Å². The highest BCUT2D eigenvalue weighted by molar-refractivity contribution is 6.09. The Morgan fingerprint density at radius 3 is 2.91 bits per heavy atom. The number of carbonyl (C=O) groups excluding carboxylic acids is 2. The average molecular weight is 152 g/mol. The summed E-state index contributed by atoms with van der Waals surface area (Å²) in [5.41, 5.74) is 0. The molecule has 5 nitrogen and oxygen atoms in total. The lowest BCUT2D eigenvalue weighted by molar-refractivity contribution is -0.117. The molecule has 0 atom stereocenters.